The second kappa shape index (κ2) is 7.00. The molecule has 0 bridgehead atoms. The second-order valence-electron chi connectivity index (χ2n) is 4.69. The Morgan fingerprint density at radius 1 is 1.35 bits per heavy atom. The van der Waals surface area contributed by atoms with Crippen LogP contribution in [-0.2, 0) is 0 Å². The Bertz CT molecular complexity index is 371. The molecule has 0 aromatic carbocycles. The lowest BCUT2D eigenvalue weighted by Crippen LogP contribution is -2.24. The fourth-order valence-corrected chi connectivity index (χ4v) is 1.30. The maximum absolute atomic E-state index is 5.18. The van der Waals surface area contributed by atoms with Crippen LogP contribution in [-0.4, -0.2) is 28.3 Å². The molecule has 0 aromatic heterocycles. The van der Waals surface area contributed by atoms with Crippen LogP contribution in [0.25, 0.3) is 0 Å². The third-order valence-corrected chi connectivity index (χ3v) is 3.77. The number of thiocarbonyl (C=S) groups is 1. The Balaban J connectivity index is 5.03. The molecule has 4 heteroatoms. The molecule has 2 nitrogen and oxygen atoms in total. The molecular formula is C13H22N2S2. The van der Waals surface area contributed by atoms with Gasteiger partial charge in [-0.2, -0.15) is 5.10 Å². The van der Waals surface area contributed by atoms with Crippen LogP contribution < -0.4 is 0 Å². The molecule has 0 aliphatic carbocycles. The summed E-state index contributed by atoms with van der Waals surface area (Å²) in [7, 11) is 1.88. The van der Waals surface area contributed by atoms with Gasteiger partial charge in [0.05, 0.1) is 0 Å². The molecule has 0 N–H and O–H groups in total. The van der Waals surface area contributed by atoms with Gasteiger partial charge in [-0.1, -0.05) is 37.8 Å². The summed E-state index contributed by atoms with van der Waals surface area (Å²) in [5, 5.41) is 6.25. The highest BCUT2D eigenvalue weighted by Gasteiger charge is 2.19. The van der Waals surface area contributed by atoms with Gasteiger partial charge in [-0.25, -0.2) is 0 Å². The van der Waals surface area contributed by atoms with Gasteiger partial charge in [-0.3, -0.25) is 5.01 Å². The first-order valence-electron chi connectivity index (χ1n) is 5.49. The molecule has 0 aliphatic rings. The van der Waals surface area contributed by atoms with E-state index in [0.717, 1.165) is 10.0 Å². The highest BCUT2D eigenvalue weighted by Crippen LogP contribution is 2.20. The Kier molecular flexibility index (Phi) is 6.76. The minimum atomic E-state index is -0.112. The van der Waals surface area contributed by atoms with E-state index in [2.05, 4.69) is 30.8 Å². The molecule has 0 fully saturated rings. The molecule has 0 unspecified atom stereocenters. The summed E-state index contributed by atoms with van der Waals surface area (Å²) in [5.41, 5.74) is 5.31. The molecule has 0 saturated carbocycles. The normalized spacial score (nSPS) is 11.8. The van der Waals surface area contributed by atoms with Crippen molar-refractivity contribution in [3.8, 4) is 0 Å². The van der Waals surface area contributed by atoms with Crippen LogP contribution in [0.1, 0.15) is 34.6 Å². The summed E-state index contributed by atoms with van der Waals surface area (Å²) in [6.45, 7) is 10.3. The predicted octanol–water partition coefficient (Wildman–Crippen LogP) is 4.09. The zero-order chi connectivity index (χ0) is 13.6. The first kappa shape index (κ1) is 16.4. The molecular weight excluding hydrogens is 248 g/mol. The van der Waals surface area contributed by atoms with Gasteiger partial charge < -0.3 is 0 Å². The third kappa shape index (κ3) is 6.06. The molecule has 0 radical (unpaired) electrons. The zero-order valence-corrected chi connectivity index (χ0v) is 13.4. The van der Waals surface area contributed by atoms with Crippen molar-refractivity contribution in [2.24, 2.45) is 10.5 Å². The Morgan fingerprint density at radius 3 is 2.29 bits per heavy atom. The van der Waals surface area contributed by atoms with Crippen molar-refractivity contribution in [2.75, 3.05) is 13.3 Å². The summed E-state index contributed by atoms with van der Waals surface area (Å²) in [4.78, 5) is 0. The SMILES string of the molecule is CSC(=S)N(C)/N=C(\C)C(C)(C)C=C=C(C)C. The molecule has 0 rings (SSSR count). The number of thioether (sulfide) groups is 1. The average molecular weight is 270 g/mol. The number of allylic oxidation sites excluding steroid dienone is 1. The van der Waals surface area contributed by atoms with Gasteiger partial charge in [0.25, 0.3) is 0 Å². The van der Waals surface area contributed by atoms with Gasteiger partial charge in [0.15, 0.2) is 4.32 Å². The van der Waals surface area contributed by atoms with Gasteiger partial charge in [-0.05, 0) is 38.7 Å². The van der Waals surface area contributed by atoms with Crippen molar-refractivity contribution in [1.29, 1.82) is 0 Å². The summed E-state index contributed by atoms with van der Waals surface area (Å²) < 4.78 is 0.770. The number of hydrogen-bond donors (Lipinski definition) is 0. The first-order chi connectivity index (χ1) is 7.70. The van der Waals surface area contributed by atoms with Gasteiger partial charge in [0, 0.05) is 18.2 Å². The lowest BCUT2D eigenvalue weighted by atomic mass is 9.88. The van der Waals surface area contributed by atoms with Gasteiger partial charge >= 0.3 is 0 Å². The smallest absolute Gasteiger partial charge is 0.156 e. The summed E-state index contributed by atoms with van der Waals surface area (Å²) >= 11 is 6.70. The third-order valence-electron chi connectivity index (χ3n) is 2.39. The van der Waals surface area contributed by atoms with Crippen molar-refractivity contribution < 1.29 is 0 Å². The van der Waals surface area contributed by atoms with E-state index in [1.54, 1.807) is 5.01 Å². The fraction of sp³-hybridized carbons (Fsp3) is 0.615. The maximum atomic E-state index is 5.18. The summed E-state index contributed by atoms with van der Waals surface area (Å²) in [5.74, 6) is 0. The van der Waals surface area contributed by atoms with E-state index in [4.69, 9.17) is 12.2 Å². The molecule has 17 heavy (non-hydrogen) atoms. The molecule has 0 aromatic rings. The van der Waals surface area contributed by atoms with Crippen molar-refractivity contribution in [3.05, 3.63) is 17.4 Å². The monoisotopic (exact) mass is 270 g/mol. The van der Waals surface area contributed by atoms with Gasteiger partial charge in [-0.15, -0.1) is 5.73 Å². The van der Waals surface area contributed by atoms with Crippen LogP contribution >= 0.6 is 24.0 Å². The fourth-order valence-electron chi connectivity index (χ4n) is 0.956. The van der Waals surface area contributed by atoms with Crippen LogP contribution in [0.3, 0.4) is 0 Å². The quantitative estimate of drug-likeness (QED) is 0.332. The lowest BCUT2D eigenvalue weighted by molar-refractivity contribution is 0.542. The standard InChI is InChI=1S/C13H22N2S2/c1-10(2)8-9-13(4,5)11(3)14-15(6)12(16)17-7/h9H,1-7H3/b14-11+. The van der Waals surface area contributed by atoms with Gasteiger partial charge in [0.2, 0.25) is 0 Å². The highest BCUT2D eigenvalue weighted by molar-refractivity contribution is 8.22. The minimum Gasteiger partial charge on any atom is -0.252 e. The van der Waals surface area contributed by atoms with Crippen molar-refractivity contribution in [3.63, 3.8) is 0 Å². The Hall–Kier alpha value is -0.570. The minimum absolute atomic E-state index is 0.112. The van der Waals surface area contributed by atoms with E-state index in [1.165, 1.54) is 17.3 Å². The van der Waals surface area contributed by atoms with Crippen LogP contribution in [0, 0.1) is 5.41 Å². The van der Waals surface area contributed by atoms with Crippen molar-refractivity contribution in [1.82, 2.24) is 5.01 Å². The van der Waals surface area contributed by atoms with E-state index >= 15 is 0 Å². The van der Waals surface area contributed by atoms with Crippen LogP contribution in [0.15, 0.2) is 22.5 Å². The molecule has 96 valence electrons. The van der Waals surface area contributed by atoms with E-state index in [1.807, 2.05) is 34.1 Å². The predicted molar refractivity (Wildman–Crippen MR) is 83.7 cm³/mol. The average Bonchev–Trinajstić information content (AvgIpc) is 2.25. The topological polar surface area (TPSA) is 15.6 Å². The summed E-state index contributed by atoms with van der Waals surface area (Å²) in [6, 6.07) is 0. The van der Waals surface area contributed by atoms with Crippen LogP contribution in [0.5, 0.6) is 0 Å². The molecule has 0 spiro atoms. The van der Waals surface area contributed by atoms with E-state index in [-0.39, 0.29) is 5.41 Å². The molecule has 0 saturated heterocycles. The largest absolute Gasteiger partial charge is 0.252 e. The lowest BCUT2D eigenvalue weighted by Gasteiger charge is -2.22. The van der Waals surface area contributed by atoms with Gasteiger partial charge in [0.1, 0.15) is 0 Å². The van der Waals surface area contributed by atoms with Crippen LogP contribution in [0.4, 0.5) is 0 Å². The molecule has 0 heterocycles. The molecule has 0 amide bonds. The highest BCUT2D eigenvalue weighted by atomic mass is 32.2. The van der Waals surface area contributed by atoms with E-state index < -0.39 is 0 Å². The first-order valence-corrected chi connectivity index (χ1v) is 7.12. The number of nitrogens with zero attached hydrogens (tertiary/aromatic N) is 2. The second-order valence-corrected chi connectivity index (χ2v) is 6.13. The van der Waals surface area contributed by atoms with Crippen molar-refractivity contribution >= 4 is 34.0 Å². The Labute approximate surface area is 115 Å². The summed E-state index contributed by atoms with van der Waals surface area (Å²) in [6.07, 6.45) is 4.01. The number of rotatable bonds is 3. The Morgan fingerprint density at radius 2 is 1.88 bits per heavy atom. The number of hydrogen-bond acceptors (Lipinski definition) is 3. The van der Waals surface area contributed by atoms with Crippen LogP contribution in [0.2, 0.25) is 0 Å². The van der Waals surface area contributed by atoms with E-state index in [0.29, 0.717) is 0 Å². The van der Waals surface area contributed by atoms with E-state index in [9.17, 15) is 0 Å². The number of hydrazone groups is 1. The molecule has 0 aliphatic heterocycles. The maximum Gasteiger partial charge on any atom is 0.156 e. The zero-order valence-electron chi connectivity index (χ0n) is 11.8. The van der Waals surface area contributed by atoms with Crippen molar-refractivity contribution in [2.45, 2.75) is 34.6 Å². The molecule has 0 atom stereocenters.